The minimum Gasteiger partial charge on any atom is -0.363 e. The Bertz CT molecular complexity index is 271. The molecule has 1 unspecified atom stereocenters. The third-order valence-corrected chi connectivity index (χ3v) is 2.00. The first-order valence-corrected chi connectivity index (χ1v) is 4.00. The van der Waals surface area contributed by atoms with Crippen LogP contribution in [0.5, 0.6) is 0 Å². The van der Waals surface area contributed by atoms with Crippen molar-refractivity contribution < 1.29 is 4.74 Å². The van der Waals surface area contributed by atoms with Gasteiger partial charge in [-0.05, 0) is 25.0 Å². The molecule has 1 rings (SSSR count). The smallest absolute Gasteiger partial charge is 0.131 e. The summed E-state index contributed by atoms with van der Waals surface area (Å²) in [6, 6.07) is 6.19. The fourth-order valence-electron chi connectivity index (χ4n) is 1.19. The van der Waals surface area contributed by atoms with Crippen molar-refractivity contribution in [1.82, 2.24) is 0 Å². The molecule has 2 N–H and O–H groups in total. The third-order valence-electron chi connectivity index (χ3n) is 2.00. The minimum absolute atomic E-state index is 0.301. The van der Waals surface area contributed by atoms with Gasteiger partial charge in [-0.2, -0.15) is 0 Å². The van der Waals surface area contributed by atoms with Crippen molar-refractivity contribution >= 4 is 0 Å². The van der Waals surface area contributed by atoms with Gasteiger partial charge in [0.1, 0.15) is 6.23 Å². The van der Waals surface area contributed by atoms with E-state index < -0.39 is 0 Å². The van der Waals surface area contributed by atoms with Gasteiger partial charge in [-0.3, -0.25) is 0 Å². The standard InChI is InChI=1S/C10H15NO/c1-7-4-5-8(2)9(6-7)10(11)12-3/h4-6,10H,11H2,1-3H3. The predicted octanol–water partition coefficient (Wildman–Crippen LogP) is 1.91. The number of rotatable bonds is 2. The number of hydrogen-bond donors (Lipinski definition) is 1. The van der Waals surface area contributed by atoms with Crippen LogP contribution in [0.1, 0.15) is 22.9 Å². The van der Waals surface area contributed by atoms with Gasteiger partial charge in [0.2, 0.25) is 0 Å². The van der Waals surface area contributed by atoms with Crippen LogP contribution in [0.3, 0.4) is 0 Å². The van der Waals surface area contributed by atoms with Crippen molar-refractivity contribution in [2.24, 2.45) is 5.73 Å². The fraction of sp³-hybridized carbons (Fsp3) is 0.400. The average molecular weight is 165 g/mol. The Balaban J connectivity index is 3.04. The SMILES string of the molecule is COC(N)c1cc(C)ccc1C. The van der Waals surface area contributed by atoms with Crippen LogP contribution in [-0.4, -0.2) is 7.11 Å². The average Bonchev–Trinajstić information content (AvgIpc) is 2.08. The number of ether oxygens (including phenoxy) is 1. The summed E-state index contributed by atoms with van der Waals surface area (Å²) >= 11 is 0. The lowest BCUT2D eigenvalue weighted by atomic mass is 10.0. The molecule has 0 aliphatic carbocycles. The van der Waals surface area contributed by atoms with Gasteiger partial charge >= 0.3 is 0 Å². The van der Waals surface area contributed by atoms with Crippen LogP contribution in [-0.2, 0) is 4.74 Å². The summed E-state index contributed by atoms with van der Waals surface area (Å²) in [5.41, 5.74) is 9.20. The van der Waals surface area contributed by atoms with Gasteiger partial charge in [-0.25, -0.2) is 0 Å². The lowest BCUT2D eigenvalue weighted by Crippen LogP contribution is -2.13. The molecule has 0 saturated heterocycles. The molecule has 0 aromatic heterocycles. The van der Waals surface area contributed by atoms with E-state index in [0.29, 0.717) is 0 Å². The maximum Gasteiger partial charge on any atom is 0.131 e. The molecule has 0 heterocycles. The van der Waals surface area contributed by atoms with Crippen molar-refractivity contribution in [1.29, 1.82) is 0 Å². The normalized spacial score (nSPS) is 13.0. The Morgan fingerprint density at radius 3 is 2.58 bits per heavy atom. The first-order chi connectivity index (χ1) is 5.65. The van der Waals surface area contributed by atoms with Crippen LogP contribution < -0.4 is 5.73 Å². The first kappa shape index (κ1) is 9.23. The molecule has 1 aromatic rings. The highest BCUT2D eigenvalue weighted by atomic mass is 16.5. The molecule has 1 atom stereocenters. The Morgan fingerprint density at radius 1 is 1.33 bits per heavy atom. The molecule has 1 aromatic carbocycles. The third kappa shape index (κ3) is 1.84. The molecule has 2 nitrogen and oxygen atoms in total. The van der Waals surface area contributed by atoms with E-state index in [1.165, 1.54) is 11.1 Å². The maximum atomic E-state index is 5.74. The van der Waals surface area contributed by atoms with Gasteiger partial charge in [-0.1, -0.05) is 23.8 Å². The van der Waals surface area contributed by atoms with E-state index >= 15 is 0 Å². The number of methoxy groups -OCH3 is 1. The Hall–Kier alpha value is -0.860. The van der Waals surface area contributed by atoms with Crippen molar-refractivity contribution in [2.75, 3.05) is 7.11 Å². The summed E-state index contributed by atoms with van der Waals surface area (Å²) in [5.74, 6) is 0. The summed E-state index contributed by atoms with van der Waals surface area (Å²) in [6.07, 6.45) is -0.301. The molecule has 0 aliphatic rings. The van der Waals surface area contributed by atoms with E-state index in [-0.39, 0.29) is 6.23 Å². The van der Waals surface area contributed by atoms with Gasteiger partial charge in [0, 0.05) is 7.11 Å². The number of aryl methyl sites for hydroxylation is 2. The lowest BCUT2D eigenvalue weighted by Gasteiger charge is -2.13. The molecule has 0 radical (unpaired) electrons. The van der Waals surface area contributed by atoms with Crippen molar-refractivity contribution in [2.45, 2.75) is 20.1 Å². The molecule has 0 saturated carbocycles. The molecular formula is C10H15NO. The summed E-state index contributed by atoms with van der Waals surface area (Å²) in [4.78, 5) is 0. The summed E-state index contributed by atoms with van der Waals surface area (Å²) in [5, 5.41) is 0. The van der Waals surface area contributed by atoms with Crippen LogP contribution in [0, 0.1) is 13.8 Å². The highest BCUT2D eigenvalue weighted by Gasteiger charge is 2.06. The van der Waals surface area contributed by atoms with E-state index in [1.807, 2.05) is 13.8 Å². The Kier molecular flexibility index (Phi) is 2.84. The fourth-order valence-corrected chi connectivity index (χ4v) is 1.19. The van der Waals surface area contributed by atoms with E-state index in [9.17, 15) is 0 Å². The molecule has 2 heteroatoms. The molecule has 0 amide bonds. The molecule has 66 valence electrons. The predicted molar refractivity (Wildman–Crippen MR) is 49.9 cm³/mol. The second-order valence-electron chi connectivity index (χ2n) is 3.02. The quantitative estimate of drug-likeness (QED) is 0.679. The number of benzene rings is 1. The molecule has 0 bridgehead atoms. The molecule has 12 heavy (non-hydrogen) atoms. The van der Waals surface area contributed by atoms with Crippen molar-refractivity contribution in [3.8, 4) is 0 Å². The summed E-state index contributed by atoms with van der Waals surface area (Å²) < 4.78 is 5.05. The van der Waals surface area contributed by atoms with Gasteiger partial charge in [0.15, 0.2) is 0 Å². The summed E-state index contributed by atoms with van der Waals surface area (Å²) in [7, 11) is 1.62. The van der Waals surface area contributed by atoms with Gasteiger partial charge in [-0.15, -0.1) is 0 Å². The highest BCUT2D eigenvalue weighted by Crippen LogP contribution is 2.17. The van der Waals surface area contributed by atoms with Crippen LogP contribution in [0.4, 0.5) is 0 Å². The lowest BCUT2D eigenvalue weighted by molar-refractivity contribution is 0.109. The zero-order valence-electron chi connectivity index (χ0n) is 7.79. The monoisotopic (exact) mass is 165 g/mol. The van der Waals surface area contributed by atoms with Crippen molar-refractivity contribution in [3.63, 3.8) is 0 Å². The van der Waals surface area contributed by atoms with Gasteiger partial charge in [0.05, 0.1) is 0 Å². The molecule has 0 aliphatic heterocycles. The second kappa shape index (κ2) is 3.70. The van der Waals surface area contributed by atoms with E-state index in [0.717, 1.165) is 5.56 Å². The Labute approximate surface area is 73.3 Å². The molecular weight excluding hydrogens is 150 g/mol. The first-order valence-electron chi connectivity index (χ1n) is 4.00. The number of nitrogens with two attached hydrogens (primary N) is 1. The summed E-state index contributed by atoms with van der Waals surface area (Å²) in [6.45, 7) is 4.08. The van der Waals surface area contributed by atoms with E-state index in [4.69, 9.17) is 10.5 Å². The van der Waals surface area contributed by atoms with Crippen LogP contribution in [0.2, 0.25) is 0 Å². The van der Waals surface area contributed by atoms with E-state index in [2.05, 4.69) is 18.2 Å². The molecule has 0 fully saturated rings. The van der Waals surface area contributed by atoms with Crippen LogP contribution in [0.25, 0.3) is 0 Å². The van der Waals surface area contributed by atoms with Crippen LogP contribution >= 0.6 is 0 Å². The largest absolute Gasteiger partial charge is 0.363 e. The zero-order chi connectivity index (χ0) is 9.14. The van der Waals surface area contributed by atoms with Crippen LogP contribution in [0.15, 0.2) is 18.2 Å². The van der Waals surface area contributed by atoms with E-state index in [1.54, 1.807) is 7.11 Å². The van der Waals surface area contributed by atoms with Crippen molar-refractivity contribution in [3.05, 3.63) is 34.9 Å². The second-order valence-corrected chi connectivity index (χ2v) is 3.02. The maximum absolute atomic E-state index is 5.74. The number of hydrogen-bond acceptors (Lipinski definition) is 2. The highest BCUT2D eigenvalue weighted by molar-refractivity contribution is 5.31. The van der Waals surface area contributed by atoms with Gasteiger partial charge < -0.3 is 10.5 Å². The zero-order valence-corrected chi connectivity index (χ0v) is 7.79. The minimum atomic E-state index is -0.301. The van der Waals surface area contributed by atoms with Gasteiger partial charge in [0.25, 0.3) is 0 Å². The Morgan fingerprint density at radius 2 is 2.00 bits per heavy atom. The topological polar surface area (TPSA) is 35.2 Å². The molecule has 0 spiro atoms.